The smallest absolute Gasteiger partial charge is 0.332 e. The number of rotatable bonds is 9. The van der Waals surface area contributed by atoms with Crippen LogP contribution in [0.3, 0.4) is 0 Å². The highest BCUT2D eigenvalue weighted by Crippen LogP contribution is 2.24. The summed E-state index contributed by atoms with van der Waals surface area (Å²) < 4.78 is 9.34. The molecule has 4 rings (SSSR count). The number of hydrogen-bond acceptors (Lipinski definition) is 8. The average Bonchev–Trinajstić information content (AvgIpc) is 3.27. The number of imidazole rings is 1. The number of allylic oxidation sites excluding steroid dienone is 2. The Morgan fingerprint density at radius 1 is 1.18 bits per heavy atom. The second-order valence-electron chi connectivity index (χ2n) is 9.73. The van der Waals surface area contributed by atoms with Gasteiger partial charge in [0.2, 0.25) is 5.95 Å². The SMILES string of the molecule is CC(C)=CCn1c(N2CCCC(N)C2)nc2c1c(=O)n(CC(=O)c1ccccc1OCC(N)=O)c(=O)n2C. The van der Waals surface area contributed by atoms with E-state index in [1.807, 2.05) is 24.8 Å². The molecular formula is C26H33N7O5. The maximum atomic E-state index is 13.8. The van der Waals surface area contributed by atoms with Crippen molar-refractivity contribution in [2.45, 2.75) is 45.8 Å². The van der Waals surface area contributed by atoms with Crippen molar-refractivity contribution >= 4 is 28.8 Å². The number of ketones is 1. The van der Waals surface area contributed by atoms with Crippen molar-refractivity contribution in [3.63, 3.8) is 0 Å². The molecule has 1 aliphatic heterocycles. The zero-order valence-electron chi connectivity index (χ0n) is 21.8. The van der Waals surface area contributed by atoms with E-state index in [-0.39, 0.29) is 28.5 Å². The summed E-state index contributed by atoms with van der Waals surface area (Å²) in [5.41, 5.74) is 11.7. The van der Waals surface area contributed by atoms with Crippen molar-refractivity contribution in [3.05, 3.63) is 62.3 Å². The van der Waals surface area contributed by atoms with Crippen molar-refractivity contribution in [3.8, 4) is 5.75 Å². The number of nitrogens with two attached hydrogens (primary N) is 2. The molecule has 0 radical (unpaired) electrons. The van der Waals surface area contributed by atoms with Crippen molar-refractivity contribution in [1.29, 1.82) is 0 Å². The van der Waals surface area contributed by atoms with Gasteiger partial charge in [-0.15, -0.1) is 0 Å². The number of para-hydroxylation sites is 1. The van der Waals surface area contributed by atoms with Crippen LogP contribution in [0.1, 0.15) is 37.0 Å². The minimum absolute atomic E-state index is 0.0181. The summed E-state index contributed by atoms with van der Waals surface area (Å²) in [7, 11) is 1.53. The number of ether oxygens (including phenoxy) is 1. The summed E-state index contributed by atoms with van der Waals surface area (Å²) in [4.78, 5) is 58.2. The summed E-state index contributed by atoms with van der Waals surface area (Å²) in [5.74, 6) is -0.521. The second-order valence-corrected chi connectivity index (χ2v) is 9.73. The van der Waals surface area contributed by atoms with E-state index in [9.17, 15) is 19.2 Å². The number of nitrogens with zero attached hydrogens (tertiary/aromatic N) is 5. The summed E-state index contributed by atoms with van der Waals surface area (Å²) >= 11 is 0. The Balaban J connectivity index is 1.82. The Morgan fingerprint density at radius 2 is 1.92 bits per heavy atom. The van der Waals surface area contributed by atoms with Gasteiger partial charge in [0.25, 0.3) is 11.5 Å². The summed E-state index contributed by atoms with van der Waals surface area (Å²) in [6.45, 7) is 4.67. The van der Waals surface area contributed by atoms with Gasteiger partial charge < -0.3 is 25.7 Å². The zero-order valence-corrected chi connectivity index (χ0v) is 21.8. The summed E-state index contributed by atoms with van der Waals surface area (Å²) in [6, 6.07) is 6.27. The number of piperidine rings is 1. The topological polar surface area (TPSA) is 160 Å². The molecule has 1 saturated heterocycles. The van der Waals surface area contributed by atoms with Gasteiger partial charge in [0.05, 0.1) is 12.1 Å². The molecule has 0 spiro atoms. The third-order valence-corrected chi connectivity index (χ3v) is 6.49. The highest BCUT2D eigenvalue weighted by atomic mass is 16.5. The molecule has 1 aromatic carbocycles. The van der Waals surface area contributed by atoms with E-state index < -0.39 is 36.1 Å². The molecular weight excluding hydrogens is 490 g/mol. The Morgan fingerprint density at radius 3 is 2.61 bits per heavy atom. The molecule has 1 atom stereocenters. The fourth-order valence-electron chi connectivity index (χ4n) is 4.58. The minimum Gasteiger partial charge on any atom is -0.483 e. The first-order valence-corrected chi connectivity index (χ1v) is 12.5. The maximum Gasteiger partial charge on any atom is 0.332 e. The minimum atomic E-state index is -0.696. The first-order valence-electron chi connectivity index (χ1n) is 12.5. The predicted molar refractivity (Wildman–Crippen MR) is 144 cm³/mol. The molecule has 1 fully saturated rings. The molecule has 202 valence electrons. The normalized spacial score (nSPS) is 15.5. The highest BCUT2D eigenvalue weighted by molar-refractivity contribution is 5.98. The fraction of sp³-hybridized carbons (Fsp3) is 0.423. The van der Waals surface area contributed by atoms with Crippen molar-refractivity contribution in [1.82, 2.24) is 18.7 Å². The van der Waals surface area contributed by atoms with E-state index in [0.29, 0.717) is 19.0 Å². The van der Waals surface area contributed by atoms with Crippen LogP contribution in [0.5, 0.6) is 5.75 Å². The van der Waals surface area contributed by atoms with Crippen LogP contribution in [0.25, 0.3) is 11.2 Å². The lowest BCUT2D eigenvalue weighted by Gasteiger charge is -2.31. The lowest BCUT2D eigenvalue weighted by atomic mass is 10.1. The van der Waals surface area contributed by atoms with Crippen LogP contribution >= 0.6 is 0 Å². The molecule has 3 aromatic rings. The Bertz CT molecular complexity index is 1530. The number of aryl methyl sites for hydroxylation is 1. The van der Waals surface area contributed by atoms with Crippen LogP contribution in [0, 0.1) is 0 Å². The first-order chi connectivity index (χ1) is 18.1. The quantitative estimate of drug-likeness (QED) is 0.303. The van der Waals surface area contributed by atoms with E-state index in [1.54, 1.807) is 16.7 Å². The van der Waals surface area contributed by atoms with Crippen LogP contribution in [-0.4, -0.2) is 56.1 Å². The van der Waals surface area contributed by atoms with Crippen LogP contribution in [0.15, 0.2) is 45.5 Å². The van der Waals surface area contributed by atoms with Gasteiger partial charge in [-0.05, 0) is 38.8 Å². The van der Waals surface area contributed by atoms with Crippen LogP contribution in [0.4, 0.5) is 5.95 Å². The number of aromatic nitrogens is 4. The molecule has 12 nitrogen and oxygen atoms in total. The van der Waals surface area contributed by atoms with Gasteiger partial charge in [0.15, 0.2) is 23.6 Å². The molecule has 1 amide bonds. The molecule has 38 heavy (non-hydrogen) atoms. The van der Waals surface area contributed by atoms with Gasteiger partial charge in [0.1, 0.15) is 5.75 Å². The van der Waals surface area contributed by atoms with Gasteiger partial charge >= 0.3 is 5.69 Å². The third kappa shape index (κ3) is 5.40. The number of hydrogen-bond donors (Lipinski definition) is 2. The fourth-order valence-corrected chi connectivity index (χ4v) is 4.58. The molecule has 3 heterocycles. The monoisotopic (exact) mass is 523 g/mol. The van der Waals surface area contributed by atoms with Gasteiger partial charge in [-0.1, -0.05) is 23.8 Å². The standard InChI is InChI=1S/C26H33N7O5/c1-16(2)10-12-32-22-23(29-25(32)31-11-6-7-17(27)13-31)30(3)26(37)33(24(22)36)14-19(34)18-8-4-5-9-20(18)38-15-21(28)35/h4-5,8-10,17H,6-7,11-15,27H2,1-3H3,(H2,28,35). The predicted octanol–water partition coefficient (Wildman–Crippen LogP) is 0.537. The Hall–Kier alpha value is -4.19. The number of amides is 1. The van der Waals surface area contributed by atoms with E-state index in [1.165, 1.54) is 23.7 Å². The van der Waals surface area contributed by atoms with Crippen molar-refractivity contribution in [2.75, 3.05) is 24.6 Å². The van der Waals surface area contributed by atoms with Gasteiger partial charge in [-0.25, -0.2) is 4.79 Å². The number of carbonyl (C=O) groups excluding carboxylic acids is 2. The average molecular weight is 524 g/mol. The lowest BCUT2D eigenvalue weighted by molar-refractivity contribution is -0.119. The summed E-state index contributed by atoms with van der Waals surface area (Å²) in [6.07, 6.45) is 3.77. The Labute approximate surface area is 219 Å². The van der Waals surface area contributed by atoms with Crippen molar-refractivity contribution in [2.24, 2.45) is 18.5 Å². The Kier molecular flexibility index (Phi) is 7.81. The lowest BCUT2D eigenvalue weighted by Crippen LogP contribution is -2.44. The van der Waals surface area contributed by atoms with Crippen LogP contribution < -0.4 is 32.4 Å². The molecule has 12 heteroatoms. The van der Waals surface area contributed by atoms with E-state index in [2.05, 4.69) is 0 Å². The third-order valence-electron chi connectivity index (χ3n) is 6.49. The van der Waals surface area contributed by atoms with Crippen LogP contribution in [0.2, 0.25) is 0 Å². The summed E-state index contributed by atoms with van der Waals surface area (Å²) in [5, 5.41) is 0. The number of fused-ring (bicyclic) bond motifs is 1. The molecule has 1 unspecified atom stereocenters. The van der Waals surface area contributed by atoms with E-state index in [0.717, 1.165) is 29.5 Å². The molecule has 4 N–H and O–H groups in total. The first kappa shape index (κ1) is 26.9. The number of carbonyl (C=O) groups is 2. The molecule has 0 aliphatic carbocycles. The van der Waals surface area contributed by atoms with Gasteiger partial charge in [-0.3, -0.25) is 23.5 Å². The van der Waals surface area contributed by atoms with E-state index in [4.69, 9.17) is 21.2 Å². The zero-order chi connectivity index (χ0) is 27.6. The second kappa shape index (κ2) is 11.1. The number of anilines is 1. The van der Waals surface area contributed by atoms with Crippen molar-refractivity contribution < 1.29 is 14.3 Å². The van der Waals surface area contributed by atoms with E-state index >= 15 is 0 Å². The number of Topliss-reactive ketones (excluding diaryl/α,β-unsaturated/α-hetero) is 1. The van der Waals surface area contributed by atoms with Gasteiger partial charge in [0, 0.05) is 32.7 Å². The molecule has 1 aliphatic rings. The maximum absolute atomic E-state index is 13.8. The molecule has 2 aromatic heterocycles. The van der Waals surface area contributed by atoms with Crippen LogP contribution in [-0.2, 0) is 24.9 Å². The molecule has 0 saturated carbocycles. The molecule has 0 bridgehead atoms. The highest BCUT2D eigenvalue weighted by Gasteiger charge is 2.27. The number of primary amides is 1. The van der Waals surface area contributed by atoms with Gasteiger partial charge in [-0.2, -0.15) is 4.98 Å². The largest absolute Gasteiger partial charge is 0.483 e. The number of benzene rings is 1.